The predicted molar refractivity (Wildman–Crippen MR) is 81.0 cm³/mol. The Morgan fingerprint density at radius 3 is 2.33 bits per heavy atom. The number of hydrogen-bond acceptors (Lipinski definition) is 3. The summed E-state index contributed by atoms with van der Waals surface area (Å²) < 4.78 is 0. The van der Waals surface area contributed by atoms with Gasteiger partial charge in [0.25, 0.3) is 0 Å². The fourth-order valence-electron chi connectivity index (χ4n) is 2.59. The zero-order valence-corrected chi connectivity index (χ0v) is 12.4. The highest BCUT2D eigenvalue weighted by Crippen LogP contribution is 2.27. The maximum absolute atomic E-state index is 12.1. The van der Waals surface area contributed by atoms with Gasteiger partial charge in [0.2, 0.25) is 5.91 Å². The van der Waals surface area contributed by atoms with E-state index in [1.165, 1.54) is 0 Å². The molecule has 0 spiro atoms. The zero-order chi connectivity index (χ0) is 15.6. The van der Waals surface area contributed by atoms with Gasteiger partial charge in [0.1, 0.15) is 0 Å². The maximum atomic E-state index is 12.1. The third-order valence-electron chi connectivity index (χ3n) is 4.25. The molecular formula is C16H22N2O3. The SMILES string of the molecule is CC(C)(C(=O)O)c1ccc(NC(=O)C2CCC(N)C2)cc1. The first-order valence-electron chi connectivity index (χ1n) is 7.21. The van der Waals surface area contributed by atoms with Crippen molar-refractivity contribution in [1.82, 2.24) is 0 Å². The van der Waals surface area contributed by atoms with Crippen molar-refractivity contribution in [3.63, 3.8) is 0 Å². The number of benzene rings is 1. The molecule has 1 fully saturated rings. The van der Waals surface area contributed by atoms with Crippen molar-refractivity contribution in [2.24, 2.45) is 11.7 Å². The van der Waals surface area contributed by atoms with Crippen LogP contribution >= 0.6 is 0 Å². The Morgan fingerprint density at radius 2 is 1.86 bits per heavy atom. The van der Waals surface area contributed by atoms with E-state index in [2.05, 4.69) is 5.32 Å². The van der Waals surface area contributed by atoms with Crippen LogP contribution in [-0.2, 0) is 15.0 Å². The Kier molecular flexibility index (Phi) is 4.32. The van der Waals surface area contributed by atoms with Crippen LogP contribution in [0.4, 0.5) is 5.69 Å². The number of rotatable bonds is 4. The van der Waals surface area contributed by atoms with Crippen molar-refractivity contribution in [3.05, 3.63) is 29.8 Å². The molecular weight excluding hydrogens is 268 g/mol. The molecule has 0 bridgehead atoms. The molecule has 21 heavy (non-hydrogen) atoms. The number of nitrogens with two attached hydrogens (primary N) is 1. The van der Waals surface area contributed by atoms with Crippen molar-refractivity contribution in [2.45, 2.75) is 44.6 Å². The lowest BCUT2D eigenvalue weighted by Crippen LogP contribution is -2.28. The maximum Gasteiger partial charge on any atom is 0.313 e. The molecule has 1 aromatic carbocycles. The van der Waals surface area contributed by atoms with E-state index < -0.39 is 11.4 Å². The Morgan fingerprint density at radius 1 is 1.24 bits per heavy atom. The van der Waals surface area contributed by atoms with Gasteiger partial charge < -0.3 is 16.2 Å². The van der Waals surface area contributed by atoms with Crippen LogP contribution in [0.25, 0.3) is 0 Å². The second-order valence-corrected chi connectivity index (χ2v) is 6.27. The highest BCUT2D eigenvalue weighted by molar-refractivity contribution is 5.92. The molecule has 1 saturated carbocycles. The Balaban J connectivity index is 2.03. The largest absolute Gasteiger partial charge is 0.481 e. The van der Waals surface area contributed by atoms with E-state index in [0.717, 1.165) is 19.3 Å². The topological polar surface area (TPSA) is 92.4 Å². The van der Waals surface area contributed by atoms with Gasteiger partial charge in [-0.1, -0.05) is 12.1 Å². The molecule has 1 aromatic rings. The summed E-state index contributed by atoms with van der Waals surface area (Å²) in [5.41, 5.74) is 6.26. The van der Waals surface area contributed by atoms with Gasteiger partial charge in [-0.3, -0.25) is 9.59 Å². The molecule has 1 aliphatic carbocycles. The Hall–Kier alpha value is -1.88. The summed E-state index contributed by atoms with van der Waals surface area (Å²) in [7, 11) is 0. The van der Waals surface area contributed by atoms with E-state index in [4.69, 9.17) is 5.73 Å². The minimum atomic E-state index is -0.944. The second kappa shape index (κ2) is 5.85. The standard InChI is InChI=1S/C16H22N2O3/c1-16(2,15(20)21)11-4-7-13(8-5-11)18-14(19)10-3-6-12(17)9-10/h4-5,7-8,10,12H,3,6,9,17H2,1-2H3,(H,18,19)(H,20,21). The Bertz CT molecular complexity index is 537. The van der Waals surface area contributed by atoms with E-state index in [1.807, 2.05) is 0 Å². The molecule has 0 heterocycles. The molecule has 0 aliphatic heterocycles. The fraction of sp³-hybridized carbons (Fsp3) is 0.500. The molecule has 2 unspecified atom stereocenters. The van der Waals surface area contributed by atoms with E-state index in [9.17, 15) is 14.7 Å². The van der Waals surface area contributed by atoms with Gasteiger partial charge in [-0.25, -0.2) is 0 Å². The average molecular weight is 290 g/mol. The van der Waals surface area contributed by atoms with Gasteiger partial charge in [-0.2, -0.15) is 0 Å². The molecule has 5 nitrogen and oxygen atoms in total. The normalized spacial score (nSPS) is 22.0. The first kappa shape index (κ1) is 15.5. The summed E-state index contributed by atoms with van der Waals surface area (Å²) >= 11 is 0. The number of amides is 1. The summed E-state index contributed by atoms with van der Waals surface area (Å²) in [6, 6.07) is 7.09. The highest BCUT2D eigenvalue weighted by Gasteiger charge is 2.30. The quantitative estimate of drug-likeness (QED) is 0.792. The van der Waals surface area contributed by atoms with Gasteiger partial charge in [-0.05, 0) is 50.8 Å². The minimum Gasteiger partial charge on any atom is -0.481 e. The summed E-state index contributed by atoms with van der Waals surface area (Å²) in [5.74, 6) is -0.900. The predicted octanol–water partition coefficient (Wildman–Crippen LogP) is 2.11. The monoisotopic (exact) mass is 290 g/mol. The lowest BCUT2D eigenvalue weighted by atomic mass is 9.85. The number of aliphatic carboxylic acids is 1. The van der Waals surface area contributed by atoms with Gasteiger partial charge in [0, 0.05) is 17.6 Å². The smallest absolute Gasteiger partial charge is 0.313 e. The molecule has 1 amide bonds. The Labute approximate surface area is 124 Å². The van der Waals surface area contributed by atoms with Crippen LogP contribution < -0.4 is 11.1 Å². The molecule has 0 saturated heterocycles. The molecule has 0 aromatic heterocycles. The van der Waals surface area contributed by atoms with Gasteiger partial charge in [0.15, 0.2) is 0 Å². The number of carbonyl (C=O) groups excluding carboxylic acids is 1. The van der Waals surface area contributed by atoms with Crippen LogP contribution in [0.1, 0.15) is 38.7 Å². The van der Waals surface area contributed by atoms with E-state index in [-0.39, 0.29) is 17.9 Å². The van der Waals surface area contributed by atoms with Crippen LogP contribution in [-0.4, -0.2) is 23.0 Å². The number of anilines is 1. The summed E-state index contributed by atoms with van der Waals surface area (Å²) in [6.45, 7) is 3.31. The summed E-state index contributed by atoms with van der Waals surface area (Å²) in [4.78, 5) is 23.3. The highest BCUT2D eigenvalue weighted by atomic mass is 16.4. The van der Waals surface area contributed by atoms with Crippen LogP contribution in [0.5, 0.6) is 0 Å². The van der Waals surface area contributed by atoms with Crippen LogP contribution in [0.2, 0.25) is 0 Å². The lowest BCUT2D eigenvalue weighted by Gasteiger charge is -2.20. The molecule has 2 rings (SSSR count). The number of hydrogen-bond donors (Lipinski definition) is 3. The van der Waals surface area contributed by atoms with Crippen molar-refractivity contribution >= 4 is 17.6 Å². The van der Waals surface area contributed by atoms with Gasteiger partial charge >= 0.3 is 5.97 Å². The van der Waals surface area contributed by atoms with E-state index in [0.29, 0.717) is 11.3 Å². The lowest BCUT2D eigenvalue weighted by molar-refractivity contribution is -0.142. The summed E-state index contributed by atoms with van der Waals surface area (Å²) in [6.07, 6.45) is 2.46. The van der Waals surface area contributed by atoms with Crippen molar-refractivity contribution in [2.75, 3.05) is 5.32 Å². The molecule has 2 atom stereocenters. The van der Waals surface area contributed by atoms with Crippen molar-refractivity contribution in [1.29, 1.82) is 0 Å². The van der Waals surface area contributed by atoms with Crippen LogP contribution in [0.3, 0.4) is 0 Å². The molecule has 1 aliphatic rings. The van der Waals surface area contributed by atoms with Crippen molar-refractivity contribution < 1.29 is 14.7 Å². The third-order valence-corrected chi connectivity index (χ3v) is 4.25. The molecule has 114 valence electrons. The second-order valence-electron chi connectivity index (χ2n) is 6.27. The number of carboxylic acids is 1. The van der Waals surface area contributed by atoms with E-state index in [1.54, 1.807) is 38.1 Å². The van der Waals surface area contributed by atoms with Gasteiger partial charge in [-0.15, -0.1) is 0 Å². The zero-order valence-electron chi connectivity index (χ0n) is 12.4. The number of nitrogens with one attached hydrogen (secondary N) is 1. The first-order valence-corrected chi connectivity index (χ1v) is 7.21. The molecule has 4 N–H and O–H groups in total. The average Bonchev–Trinajstić information content (AvgIpc) is 2.86. The number of carboxylic acid groups (broad SMARTS) is 1. The first-order chi connectivity index (χ1) is 9.80. The summed E-state index contributed by atoms with van der Waals surface area (Å²) in [5, 5.41) is 12.1. The van der Waals surface area contributed by atoms with E-state index >= 15 is 0 Å². The number of carbonyl (C=O) groups is 2. The van der Waals surface area contributed by atoms with Crippen molar-refractivity contribution in [3.8, 4) is 0 Å². The van der Waals surface area contributed by atoms with Crippen LogP contribution in [0.15, 0.2) is 24.3 Å². The fourth-order valence-corrected chi connectivity index (χ4v) is 2.59. The molecule has 0 radical (unpaired) electrons. The van der Waals surface area contributed by atoms with Gasteiger partial charge in [0.05, 0.1) is 5.41 Å². The third kappa shape index (κ3) is 3.42. The minimum absolute atomic E-state index is 0.00630. The van der Waals surface area contributed by atoms with Crippen LogP contribution in [0, 0.1) is 5.92 Å². The molecule has 5 heteroatoms.